The highest BCUT2D eigenvalue weighted by atomic mass is 16.6. The molecule has 0 spiro atoms. The second-order valence-electron chi connectivity index (χ2n) is 10.0. The minimum absolute atomic E-state index is 0.0885. The quantitative estimate of drug-likeness (QED) is 0.324. The minimum atomic E-state index is -0.758. The zero-order chi connectivity index (χ0) is 23.6. The summed E-state index contributed by atoms with van der Waals surface area (Å²) < 4.78 is 18.0. The maximum absolute atomic E-state index is 11.1. The van der Waals surface area contributed by atoms with Crippen LogP contribution in [0.5, 0.6) is 5.88 Å². The second kappa shape index (κ2) is 6.37. The van der Waals surface area contributed by atoms with E-state index in [-0.39, 0.29) is 24.3 Å². The Labute approximate surface area is 200 Å². The topological polar surface area (TPSA) is 76.4 Å². The molecule has 7 heteroatoms. The normalized spacial score (nSPS) is 26.1. The number of likely N-dealkylation sites (N-methyl/N-ethyl adjacent to an activating group) is 1. The lowest BCUT2D eigenvalue weighted by atomic mass is 9.93. The van der Waals surface area contributed by atoms with Gasteiger partial charge in [-0.1, -0.05) is 36.4 Å². The third-order valence-corrected chi connectivity index (χ3v) is 8.47. The van der Waals surface area contributed by atoms with Gasteiger partial charge in [-0.05, 0) is 26.1 Å². The molecule has 3 aromatic carbocycles. The summed E-state index contributed by atoms with van der Waals surface area (Å²) in [5, 5.41) is 20.9. The predicted molar refractivity (Wildman–Crippen MR) is 138 cm³/mol. The Morgan fingerprint density at radius 2 is 1.71 bits per heavy atom. The third kappa shape index (κ3) is 2.10. The van der Waals surface area contributed by atoms with E-state index in [0.29, 0.717) is 0 Å². The summed E-state index contributed by atoms with van der Waals surface area (Å²) in [4.78, 5) is 3.11. The van der Waals surface area contributed by atoms with E-state index in [1.54, 1.807) is 7.11 Å². The van der Waals surface area contributed by atoms with Crippen molar-refractivity contribution >= 4 is 54.4 Å². The smallest absolute Gasteiger partial charge is 0.197 e. The van der Waals surface area contributed by atoms with Gasteiger partial charge in [-0.25, -0.2) is 0 Å². The number of nitrogens with zero attached hydrogens (tertiary/aromatic N) is 2. The first kappa shape index (κ1) is 19.8. The second-order valence-corrected chi connectivity index (χ2v) is 10.0. The first-order valence-electron chi connectivity index (χ1n) is 12.1. The van der Waals surface area contributed by atoms with Crippen molar-refractivity contribution < 1.29 is 14.6 Å². The van der Waals surface area contributed by atoms with E-state index in [1.165, 1.54) is 0 Å². The van der Waals surface area contributed by atoms with Crippen molar-refractivity contribution in [3.05, 3.63) is 54.7 Å². The van der Waals surface area contributed by atoms with Crippen LogP contribution in [0.25, 0.3) is 54.4 Å². The molecule has 7 nitrogen and oxygen atoms in total. The molecule has 35 heavy (non-hydrogen) atoms. The van der Waals surface area contributed by atoms with Gasteiger partial charge < -0.3 is 34.0 Å². The van der Waals surface area contributed by atoms with Crippen molar-refractivity contribution in [3.63, 3.8) is 0 Å². The summed E-state index contributed by atoms with van der Waals surface area (Å²) in [6.07, 6.45) is 2.29. The molecule has 1 fully saturated rings. The summed E-state index contributed by atoms with van der Waals surface area (Å²) in [6.45, 7) is 2.16. The zero-order valence-corrected chi connectivity index (χ0v) is 19.8. The molecule has 5 heterocycles. The molecule has 2 aliphatic rings. The highest BCUT2D eigenvalue weighted by Crippen LogP contribution is 2.54. The number of methoxy groups -OCH3 is 1. The molecule has 4 atom stereocenters. The van der Waals surface area contributed by atoms with E-state index in [2.05, 4.69) is 74.9 Å². The molecule has 0 saturated carbocycles. The Kier molecular flexibility index (Phi) is 3.60. The van der Waals surface area contributed by atoms with Crippen LogP contribution in [0, 0.1) is 0 Å². The Bertz CT molecular complexity index is 1840. The molecule has 176 valence electrons. The van der Waals surface area contributed by atoms with Gasteiger partial charge in [0.2, 0.25) is 0 Å². The number of aromatic hydroxyl groups is 1. The fraction of sp³-hybridized carbons (Fsp3) is 0.286. The third-order valence-electron chi connectivity index (χ3n) is 8.47. The first-order valence-corrected chi connectivity index (χ1v) is 12.1. The summed E-state index contributed by atoms with van der Waals surface area (Å²) in [7, 11) is 3.77. The average molecular weight is 467 g/mol. The van der Waals surface area contributed by atoms with Crippen molar-refractivity contribution in [2.24, 2.45) is 0 Å². The van der Waals surface area contributed by atoms with Gasteiger partial charge in [0.15, 0.2) is 11.6 Å². The maximum atomic E-state index is 11.1. The van der Waals surface area contributed by atoms with Crippen LogP contribution >= 0.6 is 0 Å². The van der Waals surface area contributed by atoms with E-state index in [9.17, 15) is 5.11 Å². The fourth-order valence-corrected chi connectivity index (χ4v) is 7.20. The highest BCUT2D eigenvalue weighted by molar-refractivity contribution is 6.36. The Morgan fingerprint density at radius 1 is 1.00 bits per heavy atom. The number of fused-ring (bicyclic) bond motifs is 13. The van der Waals surface area contributed by atoms with Gasteiger partial charge >= 0.3 is 0 Å². The lowest BCUT2D eigenvalue weighted by molar-refractivity contribution is -0.256. The van der Waals surface area contributed by atoms with Crippen LogP contribution in [0.3, 0.4) is 0 Å². The van der Waals surface area contributed by atoms with Crippen molar-refractivity contribution in [2.45, 2.75) is 37.4 Å². The largest absolute Gasteiger partial charge is 0.494 e. The molecule has 3 aromatic heterocycles. The van der Waals surface area contributed by atoms with E-state index >= 15 is 0 Å². The summed E-state index contributed by atoms with van der Waals surface area (Å²) in [5.74, 6) is 0.198. The van der Waals surface area contributed by atoms with E-state index in [0.717, 1.165) is 60.8 Å². The maximum Gasteiger partial charge on any atom is 0.197 e. The lowest BCUT2D eigenvalue weighted by Gasteiger charge is -2.48. The number of ether oxygens (including phenoxy) is 2. The van der Waals surface area contributed by atoms with Crippen LogP contribution < -0.4 is 5.32 Å². The molecule has 8 rings (SSSR count). The molecule has 2 aliphatic heterocycles. The highest BCUT2D eigenvalue weighted by Gasteiger charge is 2.52. The van der Waals surface area contributed by atoms with Crippen molar-refractivity contribution in [2.75, 3.05) is 14.2 Å². The number of hydrogen-bond donors (Lipinski definition) is 3. The number of aromatic nitrogens is 3. The van der Waals surface area contributed by atoms with Gasteiger partial charge in [-0.3, -0.25) is 0 Å². The van der Waals surface area contributed by atoms with E-state index < -0.39 is 5.72 Å². The summed E-state index contributed by atoms with van der Waals surface area (Å²) in [5.41, 5.74) is 3.66. The van der Waals surface area contributed by atoms with Crippen LogP contribution in [0.2, 0.25) is 0 Å². The average Bonchev–Trinajstić information content (AvgIpc) is 3.51. The van der Waals surface area contributed by atoms with Gasteiger partial charge in [-0.15, -0.1) is 0 Å². The molecule has 1 saturated heterocycles. The van der Waals surface area contributed by atoms with Crippen molar-refractivity contribution in [1.29, 1.82) is 0 Å². The molecular formula is C28H26N4O3. The molecule has 6 aromatic rings. The monoisotopic (exact) mass is 466 g/mol. The number of rotatable bonds is 2. The molecule has 0 radical (unpaired) electrons. The first-order chi connectivity index (χ1) is 17.1. The Morgan fingerprint density at radius 3 is 2.46 bits per heavy atom. The van der Waals surface area contributed by atoms with Gasteiger partial charge in [0.05, 0.1) is 27.5 Å². The fourth-order valence-electron chi connectivity index (χ4n) is 7.20. The van der Waals surface area contributed by atoms with Crippen LogP contribution in [0.1, 0.15) is 19.6 Å². The number of nitrogens with one attached hydrogen (secondary N) is 2. The molecule has 0 unspecified atom stereocenters. The van der Waals surface area contributed by atoms with Gasteiger partial charge in [0.1, 0.15) is 12.3 Å². The molecular weight excluding hydrogens is 440 g/mol. The Hall–Kier alpha value is -3.52. The van der Waals surface area contributed by atoms with E-state index in [1.807, 2.05) is 13.2 Å². The number of hydrogen-bond acceptors (Lipinski definition) is 4. The molecule has 2 bridgehead atoms. The lowest BCUT2D eigenvalue weighted by Crippen LogP contribution is -2.59. The molecule has 0 aliphatic carbocycles. The molecule has 3 N–H and O–H groups in total. The number of para-hydroxylation sites is 2. The summed E-state index contributed by atoms with van der Waals surface area (Å²) >= 11 is 0. The van der Waals surface area contributed by atoms with Crippen LogP contribution in [0.4, 0.5) is 0 Å². The van der Waals surface area contributed by atoms with Crippen LogP contribution in [0.15, 0.2) is 54.7 Å². The van der Waals surface area contributed by atoms with Gasteiger partial charge in [-0.2, -0.15) is 0 Å². The number of aromatic amines is 1. The summed E-state index contributed by atoms with van der Waals surface area (Å²) in [6, 6.07) is 17.0. The molecule has 0 amide bonds. The van der Waals surface area contributed by atoms with Crippen molar-refractivity contribution in [1.82, 2.24) is 19.4 Å². The van der Waals surface area contributed by atoms with Crippen LogP contribution in [-0.4, -0.2) is 45.5 Å². The standard InChI is InChI=1S/C28H26N4O3/c1-28-26(34-3)17(29-2)12-20(35-28)31-18-10-6-4-8-14(18)22-23-16(13-30-27(23)33)21-15-9-5-7-11-19(15)32(28)25(21)24(22)31/h4-11,13,17,20,26,29-30,33H,12H2,1-3H3/t17-,20-,26-,28-/m0/s1. The zero-order valence-electron chi connectivity index (χ0n) is 19.8. The van der Waals surface area contributed by atoms with Gasteiger partial charge in [0.25, 0.3) is 0 Å². The number of H-pyrrole nitrogens is 1. The van der Waals surface area contributed by atoms with E-state index in [4.69, 9.17) is 9.47 Å². The minimum Gasteiger partial charge on any atom is -0.494 e. The predicted octanol–water partition coefficient (Wildman–Crippen LogP) is 5.30. The van der Waals surface area contributed by atoms with Gasteiger partial charge in [0, 0.05) is 52.7 Å². The Balaban J connectivity index is 1.75. The SMILES string of the molecule is CN[C@H]1C[C@@H]2O[C@@](C)([C@H]1OC)n1c3ccccc3c3c4c[nH]c(O)c4c4c5ccccc5n2c4c31. The van der Waals surface area contributed by atoms with Crippen LogP contribution in [-0.2, 0) is 15.2 Å². The van der Waals surface area contributed by atoms with Crippen molar-refractivity contribution in [3.8, 4) is 5.88 Å². The number of benzene rings is 3.